The summed E-state index contributed by atoms with van der Waals surface area (Å²) in [6, 6.07) is 178. The van der Waals surface area contributed by atoms with Gasteiger partial charge < -0.3 is 19.8 Å². The van der Waals surface area contributed by atoms with Crippen LogP contribution in [0, 0.1) is 0 Å². The molecule has 22 aromatic carbocycles. The number of pyridine rings is 2. The van der Waals surface area contributed by atoms with E-state index >= 15 is 0 Å². The Hall–Kier alpha value is -16.7. The number of fused-ring (bicyclic) bond motifs is 8. The zero-order valence-corrected chi connectivity index (χ0v) is 86.5. The molecule has 2 aromatic heterocycles. The van der Waals surface area contributed by atoms with Crippen LogP contribution in [0.25, 0.3) is 187 Å². The summed E-state index contributed by atoms with van der Waals surface area (Å²) in [6.45, 7) is 4.56. The van der Waals surface area contributed by atoms with Gasteiger partial charge in [0.15, 0.2) is 0 Å². The molecule has 0 radical (unpaired) electrons. The third kappa shape index (κ3) is 21.1. The monoisotopic (exact) mass is 2000 g/mol. The van der Waals surface area contributed by atoms with Crippen molar-refractivity contribution in [2.24, 2.45) is 0 Å². The molecule has 24 rings (SSSR count). The molecule has 150 heavy (non-hydrogen) atoms. The Labute approximate surface area is 889 Å². The third-order valence-electron chi connectivity index (χ3n) is 29.7. The molecule has 0 spiro atoms. The molecule has 0 aliphatic carbocycles. The molecule has 0 bridgehead atoms. The van der Waals surface area contributed by atoms with Crippen LogP contribution in [0.5, 0.6) is 0 Å². The fourth-order valence-corrected chi connectivity index (χ4v) is 22.6. The largest absolute Gasteiger partial charge is 0.488 e. The molecule has 2 heterocycles. The van der Waals surface area contributed by atoms with Gasteiger partial charge in [-0.15, -0.1) is 0 Å². The molecule has 0 saturated carbocycles. The number of para-hydroxylation sites is 6. The van der Waals surface area contributed by atoms with Gasteiger partial charge in [0.25, 0.3) is 0 Å². The number of aryl methyl sites for hydroxylation is 2. The van der Waals surface area contributed by atoms with Gasteiger partial charge in [0.2, 0.25) is 0 Å². The van der Waals surface area contributed by atoms with E-state index < -0.39 is 7.12 Å². The Morgan fingerprint density at radius 1 is 0.213 bits per heavy atom. The number of benzene rings is 22. The van der Waals surface area contributed by atoms with Gasteiger partial charge in [-0.3, -0.25) is 0 Å². The van der Waals surface area contributed by atoms with Gasteiger partial charge >= 0.3 is 7.12 Å². The van der Waals surface area contributed by atoms with Crippen LogP contribution < -0.4 is 15.3 Å². The Balaban J connectivity index is 0.000000140. The van der Waals surface area contributed by atoms with E-state index in [1.54, 1.807) is 12.1 Å². The van der Waals surface area contributed by atoms with Crippen molar-refractivity contribution < 1.29 is 10.0 Å². The van der Waals surface area contributed by atoms with Crippen molar-refractivity contribution in [3.63, 3.8) is 0 Å². The van der Waals surface area contributed by atoms with Crippen LogP contribution in [0.2, 0.25) is 0 Å². The van der Waals surface area contributed by atoms with Crippen molar-refractivity contribution in [1.29, 1.82) is 0 Å². The lowest BCUT2D eigenvalue weighted by atomic mass is 9.79. The van der Waals surface area contributed by atoms with Crippen LogP contribution >= 0.6 is 15.9 Å². The molecular formula is C142H118BBrN4O2. The molecule has 8 heteroatoms. The molecule has 6 nitrogen and oxygen atoms in total. The minimum absolute atomic E-state index is 0.486. The predicted molar refractivity (Wildman–Crippen MR) is 645 cm³/mol. The summed E-state index contributed by atoms with van der Waals surface area (Å²) in [7, 11) is -1.47. The van der Waals surface area contributed by atoms with Crippen molar-refractivity contribution in [1.82, 2.24) is 9.97 Å². The lowest BCUT2D eigenvalue weighted by Gasteiger charge is -2.25. The van der Waals surface area contributed by atoms with Gasteiger partial charge in [-0.25, -0.2) is 9.97 Å². The number of halogens is 1. The average Bonchev–Trinajstić information content (AvgIpc) is 0.729. The van der Waals surface area contributed by atoms with Crippen molar-refractivity contribution in [3.05, 3.63) is 513 Å². The Bertz CT molecular complexity index is 8640. The lowest BCUT2D eigenvalue weighted by Crippen LogP contribution is -2.29. The van der Waals surface area contributed by atoms with Crippen LogP contribution in [0.1, 0.15) is 102 Å². The molecule has 2 N–H and O–H groups in total. The standard InChI is InChI=1S/C71H58N2.C41H39BrN2.C30H21BO2/c1-2-3-4-5-6-9-22-50-37-39-54(40-38-50)68-49-67(53-45-47-58(48-46-53)73(56-25-10-7-11-26-56)57-27-12-8-13-28-57)66-36-21-34-60(71(66)72-68)52-41-43-55(44-42-52)69-62-30-16-18-32-64(62)70(65-33-19-17-31-63(65)69)61-35-20-24-51-23-14-15-29-59(51)61;1-2-3-4-5-6-9-15-31-22-24-33(25-23-31)40-30-38(37-20-14-21-39(42)41(37)43-40)32-26-28-36(29-27-32)44(34-16-10-7-11-17-34)35-18-12-8-13-19-35;32-31(33)22-18-16-21(17-19-22)29-25-11-3-5-13-27(25)30(28-14-6-4-12-26(28)29)24-15-7-9-20-8-1-2-10-23(20)24/h7-8,10-21,23-49H,2-6,9,22H2,1H3;7-8,10-14,16-30H,2-6,9,15H2,1H3;1-19,32-33H. The summed E-state index contributed by atoms with van der Waals surface area (Å²) in [6.07, 6.45) is 18.0. The molecule has 24 aromatic rings. The molecule has 0 unspecified atom stereocenters. The van der Waals surface area contributed by atoms with E-state index in [0.717, 1.165) is 129 Å². The summed E-state index contributed by atoms with van der Waals surface area (Å²) in [5.41, 5.74) is 32.8. The first-order valence-electron chi connectivity index (χ1n) is 53.3. The van der Waals surface area contributed by atoms with Gasteiger partial charge in [-0.05, 0) is 286 Å². The number of hydrogen-bond donors (Lipinski definition) is 2. The maximum atomic E-state index is 9.53. The summed E-state index contributed by atoms with van der Waals surface area (Å²) < 4.78 is 1.01. The van der Waals surface area contributed by atoms with Crippen LogP contribution in [0.15, 0.2) is 502 Å². The minimum Gasteiger partial charge on any atom is -0.423 e. The number of unbranched alkanes of at least 4 members (excludes halogenated alkanes) is 10. The highest BCUT2D eigenvalue weighted by atomic mass is 79.9. The van der Waals surface area contributed by atoms with E-state index in [4.69, 9.17) is 9.97 Å². The smallest absolute Gasteiger partial charge is 0.423 e. The number of anilines is 6. The van der Waals surface area contributed by atoms with E-state index in [2.05, 4.69) is 513 Å². The van der Waals surface area contributed by atoms with Crippen molar-refractivity contribution >= 4 is 149 Å². The molecule has 728 valence electrons. The second kappa shape index (κ2) is 46.1. The predicted octanol–water partition coefficient (Wildman–Crippen LogP) is 39.3. The van der Waals surface area contributed by atoms with Crippen molar-refractivity contribution in [2.45, 2.75) is 104 Å². The number of hydrogen-bond acceptors (Lipinski definition) is 6. The normalized spacial score (nSPS) is 11.3. The van der Waals surface area contributed by atoms with Crippen molar-refractivity contribution in [2.75, 3.05) is 9.80 Å². The fourth-order valence-electron chi connectivity index (χ4n) is 22.1. The van der Waals surface area contributed by atoms with Gasteiger partial charge in [0.05, 0.1) is 22.4 Å². The zero-order chi connectivity index (χ0) is 101. The molecule has 0 amide bonds. The molecule has 0 saturated heterocycles. The van der Waals surface area contributed by atoms with Crippen LogP contribution in [0.4, 0.5) is 34.1 Å². The summed E-state index contributed by atoms with van der Waals surface area (Å²) >= 11 is 3.79. The minimum atomic E-state index is -1.47. The maximum absolute atomic E-state index is 9.53. The first kappa shape index (κ1) is 98.0. The summed E-state index contributed by atoms with van der Waals surface area (Å²) in [5.74, 6) is 0. The molecule has 0 fully saturated rings. The zero-order valence-electron chi connectivity index (χ0n) is 84.9. The molecule has 0 atom stereocenters. The van der Waals surface area contributed by atoms with E-state index in [-0.39, 0.29) is 0 Å². The first-order chi connectivity index (χ1) is 74.1. The second-order valence-electron chi connectivity index (χ2n) is 39.3. The van der Waals surface area contributed by atoms with E-state index in [1.165, 1.54) is 197 Å². The van der Waals surface area contributed by atoms with Crippen LogP contribution in [-0.4, -0.2) is 27.1 Å². The van der Waals surface area contributed by atoms with Crippen LogP contribution in [-0.2, 0) is 12.8 Å². The average molecular weight is 2000 g/mol. The van der Waals surface area contributed by atoms with E-state index in [1.807, 2.05) is 12.1 Å². The SMILES string of the molecule is CCCCCCCCc1ccc(-c2cc(-c3ccc(N(c4ccccc4)c4ccccc4)cc3)c3cccc(-c4ccc(-c5c6ccccc6c(-c6cccc7ccccc67)c6ccccc56)cc4)c3n2)cc1.CCCCCCCCc1ccc(-c2cc(-c3ccc(N(c4ccccc4)c4ccccc4)cc3)c3cccc(Br)c3n2)cc1.OB(O)c1ccc(-c2c3ccccc3c(-c3cccc4ccccc34)c3ccccc23)cc1. The molecule has 0 aliphatic heterocycles. The molecular weight excluding hydrogens is 1880 g/mol. The Kier molecular flexibility index (Phi) is 30.1. The highest BCUT2D eigenvalue weighted by Gasteiger charge is 2.25. The number of nitrogens with zero attached hydrogens (tertiary/aromatic N) is 4. The maximum Gasteiger partial charge on any atom is 0.488 e. The third-order valence-corrected chi connectivity index (χ3v) is 30.3. The van der Waals surface area contributed by atoms with Crippen LogP contribution in [0.3, 0.4) is 0 Å². The topological polar surface area (TPSA) is 72.7 Å². The van der Waals surface area contributed by atoms with Gasteiger partial charge in [-0.2, -0.15) is 0 Å². The fraction of sp³-hybridized carbons (Fsp3) is 0.113. The van der Waals surface area contributed by atoms with E-state index in [0.29, 0.717) is 5.46 Å². The Morgan fingerprint density at radius 2 is 0.480 bits per heavy atom. The highest BCUT2D eigenvalue weighted by molar-refractivity contribution is 9.10. The number of rotatable bonds is 30. The Morgan fingerprint density at radius 3 is 0.860 bits per heavy atom. The quantitative estimate of drug-likeness (QED) is 0.0266. The highest BCUT2D eigenvalue weighted by Crippen LogP contribution is 2.51. The second-order valence-corrected chi connectivity index (χ2v) is 40.1. The summed E-state index contributed by atoms with van der Waals surface area (Å²) in [4.78, 5) is 15.3. The molecule has 0 aliphatic rings. The van der Waals surface area contributed by atoms with Gasteiger partial charge in [-0.1, -0.05) is 485 Å². The summed E-state index contributed by atoms with van der Waals surface area (Å²) in [5, 5.41) is 36.1. The van der Waals surface area contributed by atoms with Gasteiger partial charge in [0.1, 0.15) is 0 Å². The van der Waals surface area contributed by atoms with Gasteiger partial charge in [0, 0.05) is 66.1 Å². The number of aromatic nitrogens is 2. The lowest BCUT2D eigenvalue weighted by molar-refractivity contribution is 0.426. The first-order valence-corrected chi connectivity index (χ1v) is 54.1. The van der Waals surface area contributed by atoms with Crippen molar-refractivity contribution in [3.8, 4) is 100 Å². The van der Waals surface area contributed by atoms with E-state index in [9.17, 15) is 10.0 Å².